The molecule has 0 spiro atoms. The maximum Gasteiger partial charge on any atom is 0.128 e. The molecule has 0 unspecified atom stereocenters. The minimum Gasteiger partial charge on any atom is -0.384 e. The number of nitrogens with one attached hydrogen (secondary N) is 1. The Bertz CT molecular complexity index is 265. The summed E-state index contributed by atoms with van der Waals surface area (Å²) in [7, 11) is 0. The molecule has 4 heteroatoms. The van der Waals surface area contributed by atoms with Gasteiger partial charge < -0.3 is 15.8 Å². The summed E-state index contributed by atoms with van der Waals surface area (Å²) in [5.74, 6) is 1.36. The highest BCUT2D eigenvalue weighted by atomic mass is 16.5. The zero-order chi connectivity index (χ0) is 10.2. The molecule has 0 fully saturated rings. The first-order chi connectivity index (χ1) is 6.83. The second-order valence-electron chi connectivity index (χ2n) is 2.92. The molecule has 0 radical (unpaired) electrons. The first-order valence-electron chi connectivity index (χ1n) is 4.87. The first kappa shape index (κ1) is 10.8. The summed E-state index contributed by atoms with van der Waals surface area (Å²) in [6.45, 7) is 4.41. The van der Waals surface area contributed by atoms with E-state index in [9.17, 15) is 0 Å². The maximum atomic E-state index is 5.53. The van der Waals surface area contributed by atoms with Crippen molar-refractivity contribution < 1.29 is 4.74 Å². The van der Waals surface area contributed by atoms with Crippen LogP contribution in [0.5, 0.6) is 0 Å². The Balaban J connectivity index is 2.18. The Morgan fingerprint density at radius 3 is 3.07 bits per heavy atom. The van der Waals surface area contributed by atoms with Crippen molar-refractivity contribution in [1.29, 1.82) is 0 Å². The van der Waals surface area contributed by atoms with Crippen LogP contribution in [-0.2, 0) is 4.74 Å². The van der Waals surface area contributed by atoms with E-state index in [1.165, 1.54) is 0 Å². The minimum absolute atomic E-state index is 0.541. The van der Waals surface area contributed by atoms with Crippen LogP contribution in [0.4, 0.5) is 11.6 Å². The van der Waals surface area contributed by atoms with Crippen LogP contribution in [-0.4, -0.2) is 24.7 Å². The lowest BCUT2D eigenvalue weighted by atomic mass is 10.4. The summed E-state index contributed by atoms with van der Waals surface area (Å²) in [5.41, 5.74) is 5.53. The molecular weight excluding hydrogens is 178 g/mol. The third-order valence-electron chi connectivity index (χ3n) is 1.75. The van der Waals surface area contributed by atoms with Gasteiger partial charge in [0.2, 0.25) is 0 Å². The van der Waals surface area contributed by atoms with E-state index >= 15 is 0 Å². The van der Waals surface area contributed by atoms with Crippen molar-refractivity contribution >= 4 is 11.6 Å². The fraction of sp³-hybridized carbons (Fsp3) is 0.500. The van der Waals surface area contributed by atoms with Crippen molar-refractivity contribution in [1.82, 2.24) is 4.98 Å². The number of pyridine rings is 1. The van der Waals surface area contributed by atoms with Gasteiger partial charge in [-0.1, -0.05) is 6.07 Å². The van der Waals surface area contributed by atoms with Crippen molar-refractivity contribution in [2.24, 2.45) is 0 Å². The second kappa shape index (κ2) is 6.21. The van der Waals surface area contributed by atoms with Gasteiger partial charge in [0.05, 0.1) is 0 Å². The Hall–Kier alpha value is -1.29. The monoisotopic (exact) mass is 195 g/mol. The van der Waals surface area contributed by atoms with Gasteiger partial charge >= 0.3 is 0 Å². The molecule has 0 amide bonds. The molecule has 0 bridgehead atoms. The summed E-state index contributed by atoms with van der Waals surface area (Å²) in [5, 5.41) is 3.17. The predicted octanol–water partition coefficient (Wildman–Crippen LogP) is 1.50. The van der Waals surface area contributed by atoms with Gasteiger partial charge in [0.1, 0.15) is 11.6 Å². The van der Waals surface area contributed by atoms with E-state index in [0.29, 0.717) is 5.82 Å². The molecule has 1 aromatic heterocycles. The molecule has 1 aromatic rings. The summed E-state index contributed by atoms with van der Waals surface area (Å²) in [4.78, 5) is 4.12. The molecule has 14 heavy (non-hydrogen) atoms. The largest absolute Gasteiger partial charge is 0.384 e. The first-order valence-corrected chi connectivity index (χ1v) is 4.87. The standard InChI is InChI=1S/C10H17N3O/c1-2-14-8-4-7-12-10-6-3-5-9(11)13-10/h3,5-6H,2,4,7-8H2,1H3,(H3,11,12,13). The quantitative estimate of drug-likeness (QED) is 0.675. The smallest absolute Gasteiger partial charge is 0.128 e. The highest BCUT2D eigenvalue weighted by Crippen LogP contribution is 2.05. The van der Waals surface area contributed by atoms with Crippen LogP contribution in [0, 0.1) is 0 Å². The lowest BCUT2D eigenvalue weighted by Crippen LogP contribution is -2.07. The predicted molar refractivity (Wildman–Crippen MR) is 58.2 cm³/mol. The summed E-state index contributed by atoms with van der Waals surface area (Å²) < 4.78 is 5.21. The van der Waals surface area contributed by atoms with E-state index in [1.54, 1.807) is 6.07 Å². The molecule has 1 rings (SSSR count). The molecule has 0 aliphatic carbocycles. The van der Waals surface area contributed by atoms with Gasteiger partial charge in [0, 0.05) is 19.8 Å². The number of nitrogens with two attached hydrogens (primary N) is 1. The number of nitrogens with zero attached hydrogens (tertiary/aromatic N) is 1. The van der Waals surface area contributed by atoms with E-state index < -0.39 is 0 Å². The average molecular weight is 195 g/mol. The number of nitrogen functional groups attached to an aromatic ring is 1. The van der Waals surface area contributed by atoms with Crippen LogP contribution in [0.1, 0.15) is 13.3 Å². The Kier molecular flexibility index (Phi) is 4.78. The molecule has 0 saturated heterocycles. The Morgan fingerprint density at radius 2 is 2.36 bits per heavy atom. The fourth-order valence-corrected chi connectivity index (χ4v) is 1.08. The van der Waals surface area contributed by atoms with E-state index in [4.69, 9.17) is 10.5 Å². The molecule has 0 aliphatic rings. The molecule has 78 valence electrons. The summed E-state index contributed by atoms with van der Waals surface area (Å²) in [6.07, 6.45) is 0.977. The lowest BCUT2D eigenvalue weighted by Gasteiger charge is -2.05. The van der Waals surface area contributed by atoms with Crippen LogP contribution < -0.4 is 11.1 Å². The van der Waals surface area contributed by atoms with Crippen LogP contribution in [0.3, 0.4) is 0 Å². The van der Waals surface area contributed by atoms with Gasteiger partial charge in [-0.25, -0.2) is 4.98 Å². The van der Waals surface area contributed by atoms with Gasteiger partial charge in [0.25, 0.3) is 0 Å². The molecule has 0 atom stereocenters. The maximum absolute atomic E-state index is 5.53. The zero-order valence-corrected chi connectivity index (χ0v) is 8.49. The molecule has 0 saturated carbocycles. The highest BCUT2D eigenvalue weighted by Gasteiger charge is 1.93. The van der Waals surface area contributed by atoms with Crippen molar-refractivity contribution in [3.8, 4) is 0 Å². The lowest BCUT2D eigenvalue weighted by molar-refractivity contribution is 0.147. The van der Waals surface area contributed by atoms with Gasteiger partial charge in [-0.2, -0.15) is 0 Å². The van der Waals surface area contributed by atoms with E-state index in [1.807, 2.05) is 19.1 Å². The second-order valence-corrected chi connectivity index (χ2v) is 2.92. The van der Waals surface area contributed by atoms with Crippen molar-refractivity contribution in [3.05, 3.63) is 18.2 Å². The average Bonchev–Trinajstić information content (AvgIpc) is 2.18. The van der Waals surface area contributed by atoms with Crippen molar-refractivity contribution in [2.45, 2.75) is 13.3 Å². The topological polar surface area (TPSA) is 60.2 Å². The van der Waals surface area contributed by atoms with Crippen LogP contribution >= 0.6 is 0 Å². The number of anilines is 2. The van der Waals surface area contributed by atoms with Gasteiger partial charge in [0.15, 0.2) is 0 Å². The SMILES string of the molecule is CCOCCCNc1cccc(N)n1. The third kappa shape index (κ3) is 4.09. The van der Waals surface area contributed by atoms with Crippen LogP contribution in [0.15, 0.2) is 18.2 Å². The summed E-state index contributed by atoms with van der Waals surface area (Å²) in [6, 6.07) is 5.55. The van der Waals surface area contributed by atoms with Gasteiger partial charge in [-0.3, -0.25) is 0 Å². The molecular formula is C10H17N3O. The van der Waals surface area contributed by atoms with E-state index in [0.717, 1.165) is 32.0 Å². The van der Waals surface area contributed by atoms with E-state index in [-0.39, 0.29) is 0 Å². The van der Waals surface area contributed by atoms with Gasteiger partial charge in [-0.15, -0.1) is 0 Å². The van der Waals surface area contributed by atoms with Crippen LogP contribution in [0.2, 0.25) is 0 Å². The fourth-order valence-electron chi connectivity index (χ4n) is 1.08. The molecule has 4 nitrogen and oxygen atoms in total. The van der Waals surface area contributed by atoms with Crippen molar-refractivity contribution in [3.63, 3.8) is 0 Å². The molecule has 1 heterocycles. The number of aromatic nitrogens is 1. The van der Waals surface area contributed by atoms with E-state index in [2.05, 4.69) is 10.3 Å². The highest BCUT2D eigenvalue weighted by molar-refractivity contribution is 5.41. The molecule has 3 N–H and O–H groups in total. The normalized spacial score (nSPS) is 10.1. The number of ether oxygens (including phenoxy) is 1. The van der Waals surface area contributed by atoms with Gasteiger partial charge in [-0.05, 0) is 25.5 Å². The number of rotatable bonds is 6. The number of hydrogen-bond donors (Lipinski definition) is 2. The zero-order valence-electron chi connectivity index (χ0n) is 8.49. The third-order valence-corrected chi connectivity index (χ3v) is 1.75. The molecule has 0 aliphatic heterocycles. The Morgan fingerprint density at radius 1 is 1.50 bits per heavy atom. The van der Waals surface area contributed by atoms with Crippen molar-refractivity contribution in [2.75, 3.05) is 30.8 Å². The summed E-state index contributed by atoms with van der Waals surface area (Å²) >= 11 is 0. The Labute approximate surface area is 84.5 Å². The van der Waals surface area contributed by atoms with Crippen LogP contribution in [0.25, 0.3) is 0 Å². The minimum atomic E-state index is 0.541. The number of hydrogen-bond acceptors (Lipinski definition) is 4. The molecule has 0 aromatic carbocycles.